The van der Waals surface area contributed by atoms with E-state index in [1.165, 1.54) is 12.7 Å². The SMILES string of the molecule is COC(=O)C1CCN(c2ccc(C)c(Br)c2)C1. The minimum atomic E-state index is -0.0984. The van der Waals surface area contributed by atoms with Gasteiger partial charge < -0.3 is 9.64 Å². The lowest BCUT2D eigenvalue weighted by atomic mass is 10.1. The Hall–Kier alpha value is -1.03. The van der Waals surface area contributed by atoms with Gasteiger partial charge in [0.05, 0.1) is 13.0 Å². The number of halogens is 1. The molecule has 1 atom stereocenters. The molecular formula is C13H16BrNO2. The molecular weight excluding hydrogens is 282 g/mol. The van der Waals surface area contributed by atoms with E-state index in [0.29, 0.717) is 0 Å². The van der Waals surface area contributed by atoms with Crippen molar-refractivity contribution in [3.05, 3.63) is 28.2 Å². The van der Waals surface area contributed by atoms with Gasteiger partial charge in [0, 0.05) is 23.2 Å². The number of carbonyl (C=O) groups is 1. The van der Waals surface area contributed by atoms with E-state index in [0.717, 1.165) is 29.7 Å². The van der Waals surface area contributed by atoms with Gasteiger partial charge in [-0.2, -0.15) is 0 Å². The van der Waals surface area contributed by atoms with Gasteiger partial charge in [-0.3, -0.25) is 4.79 Å². The van der Waals surface area contributed by atoms with E-state index in [4.69, 9.17) is 4.74 Å². The molecule has 92 valence electrons. The summed E-state index contributed by atoms with van der Waals surface area (Å²) in [5.41, 5.74) is 2.38. The van der Waals surface area contributed by atoms with Crippen molar-refractivity contribution in [1.29, 1.82) is 0 Å². The first-order valence-corrected chi connectivity index (χ1v) is 6.50. The predicted molar refractivity (Wildman–Crippen MR) is 71.2 cm³/mol. The molecule has 0 bridgehead atoms. The van der Waals surface area contributed by atoms with Crippen LogP contribution in [0, 0.1) is 12.8 Å². The quantitative estimate of drug-likeness (QED) is 0.786. The normalized spacial score (nSPS) is 19.5. The molecule has 0 aromatic heterocycles. The molecule has 4 heteroatoms. The number of esters is 1. The Kier molecular flexibility index (Phi) is 3.72. The second kappa shape index (κ2) is 5.08. The van der Waals surface area contributed by atoms with Crippen LogP contribution in [0.1, 0.15) is 12.0 Å². The van der Waals surface area contributed by atoms with E-state index < -0.39 is 0 Å². The number of hydrogen-bond acceptors (Lipinski definition) is 3. The van der Waals surface area contributed by atoms with Crippen molar-refractivity contribution in [2.45, 2.75) is 13.3 Å². The largest absolute Gasteiger partial charge is 0.469 e. The molecule has 0 spiro atoms. The molecule has 3 nitrogen and oxygen atoms in total. The first-order valence-electron chi connectivity index (χ1n) is 5.70. The molecule has 2 rings (SSSR count). The van der Waals surface area contributed by atoms with Crippen LogP contribution in [0.15, 0.2) is 22.7 Å². The molecule has 0 aliphatic carbocycles. The molecule has 1 unspecified atom stereocenters. The highest BCUT2D eigenvalue weighted by molar-refractivity contribution is 9.10. The third-order valence-corrected chi connectivity index (χ3v) is 4.10. The summed E-state index contributed by atoms with van der Waals surface area (Å²) in [6.07, 6.45) is 0.873. The van der Waals surface area contributed by atoms with Crippen molar-refractivity contribution in [1.82, 2.24) is 0 Å². The average Bonchev–Trinajstić information content (AvgIpc) is 2.81. The summed E-state index contributed by atoms with van der Waals surface area (Å²) in [7, 11) is 1.45. The maximum atomic E-state index is 11.5. The molecule has 0 saturated carbocycles. The molecule has 1 aliphatic heterocycles. The van der Waals surface area contributed by atoms with Gasteiger partial charge in [-0.15, -0.1) is 0 Å². The van der Waals surface area contributed by atoms with Gasteiger partial charge in [0.2, 0.25) is 0 Å². The fraction of sp³-hybridized carbons (Fsp3) is 0.462. The van der Waals surface area contributed by atoms with E-state index in [1.807, 2.05) is 0 Å². The minimum Gasteiger partial charge on any atom is -0.469 e. The van der Waals surface area contributed by atoms with Crippen molar-refractivity contribution < 1.29 is 9.53 Å². The van der Waals surface area contributed by atoms with Crippen LogP contribution in [-0.2, 0) is 9.53 Å². The van der Waals surface area contributed by atoms with E-state index >= 15 is 0 Å². The van der Waals surface area contributed by atoms with Crippen LogP contribution < -0.4 is 4.90 Å². The van der Waals surface area contributed by atoms with E-state index in [1.54, 1.807) is 0 Å². The Morgan fingerprint density at radius 1 is 1.53 bits per heavy atom. The number of anilines is 1. The molecule has 1 aromatic carbocycles. The maximum absolute atomic E-state index is 11.5. The Morgan fingerprint density at radius 2 is 2.29 bits per heavy atom. The summed E-state index contributed by atoms with van der Waals surface area (Å²) >= 11 is 3.53. The first kappa shape index (κ1) is 12.4. The first-order chi connectivity index (χ1) is 8.11. The van der Waals surface area contributed by atoms with E-state index in [2.05, 4.69) is 46.0 Å². The fourth-order valence-corrected chi connectivity index (χ4v) is 2.50. The highest BCUT2D eigenvalue weighted by atomic mass is 79.9. The molecule has 1 heterocycles. The second-order valence-electron chi connectivity index (χ2n) is 4.39. The Balaban J connectivity index is 2.10. The van der Waals surface area contributed by atoms with Gasteiger partial charge in [-0.05, 0) is 31.0 Å². The third kappa shape index (κ3) is 2.63. The smallest absolute Gasteiger partial charge is 0.310 e. The van der Waals surface area contributed by atoms with Crippen LogP contribution in [0.25, 0.3) is 0 Å². The zero-order valence-electron chi connectivity index (χ0n) is 10.1. The average molecular weight is 298 g/mol. The van der Waals surface area contributed by atoms with Crippen molar-refractivity contribution >= 4 is 27.6 Å². The van der Waals surface area contributed by atoms with Crippen LogP contribution in [0.5, 0.6) is 0 Å². The molecule has 0 amide bonds. The number of methoxy groups -OCH3 is 1. The molecule has 1 fully saturated rings. The summed E-state index contributed by atoms with van der Waals surface area (Å²) in [5.74, 6) is -0.0845. The zero-order valence-corrected chi connectivity index (χ0v) is 11.7. The van der Waals surface area contributed by atoms with Gasteiger partial charge in [-0.1, -0.05) is 22.0 Å². The lowest BCUT2D eigenvalue weighted by molar-refractivity contribution is -0.144. The third-order valence-electron chi connectivity index (χ3n) is 3.24. The summed E-state index contributed by atoms with van der Waals surface area (Å²) in [6, 6.07) is 6.29. The molecule has 17 heavy (non-hydrogen) atoms. The molecule has 1 aliphatic rings. The van der Waals surface area contributed by atoms with Gasteiger partial charge in [0.1, 0.15) is 0 Å². The van der Waals surface area contributed by atoms with Crippen LogP contribution in [-0.4, -0.2) is 26.2 Å². The minimum absolute atomic E-state index is 0.0140. The fourth-order valence-electron chi connectivity index (χ4n) is 2.13. The summed E-state index contributed by atoms with van der Waals surface area (Å²) in [5, 5.41) is 0. The van der Waals surface area contributed by atoms with Crippen molar-refractivity contribution in [3.63, 3.8) is 0 Å². The molecule has 0 N–H and O–H groups in total. The standard InChI is InChI=1S/C13H16BrNO2/c1-9-3-4-11(7-12(9)14)15-6-5-10(8-15)13(16)17-2/h3-4,7,10H,5-6,8H2,1-2H3. The van der Waals surface area contributed by atoms with Gasteiger partial charge in [-0.25, -0.2) is 0 Å². The Labute approximate surface area is 110 Å². The number of hydrogen-bond donors (Lipinski definition) is 0. The van der Waals surface area contributed by atoms with Gasteiger partial charge in [0.15, 0.2) is 0 Å². The highest BCUT2D eigenvalue weighted by Gasteiger charge is 2.29. The predicted octanol–water partition coefficient (Wildman–Crippen LogP) is 2.76. The number of carbonyl (C=O) groups excluding carboxylic acids is 1. The summed E-state index contributed by atoms with van der Waals surface area (Å²) in [6.45, 7) is 3.73. The topological polar surface area (TPSA) is 29.5 Å². The van der Waals surface area contributed by atoms with E-state index in [9.17, 15) is 4.79 Å². The van der Waals surface area contributed by atoms with Crippen LogP contribution in [0.2, 0.25) is 0 Å². The van der Waals surface area contributed by atoms with Crippen LogP contribution in [0.3, 0.4) is 0 Å². The highest BCUT2D eigenvalue weighted by Crippen LogP contribution is 2.28. The lowest BCUT2D eigenvalue weighted by Gasteiger charge is -2.19. The van der Waals surface area contributed by atoms with Crippen molar-refractivity contribution in [3.8, 4) is 0 Å². The summed E-state index contributed by atoms with van der Waals surface area (Å²) in [4.78, 5) is 13.7. The molecule has 1 saturated heterocycles. The molecule has 1 aromatic rings. The lowest BCUT2D eigenvalue weighted by Crippen LogP contribution is -2.23. The van der Waals surface area contributed by atoms with Gasteiger partial charge >= 0.3 is 5.97 Å². The number of nitrogens with zero attached hydrogens (tertiary/aromatic N) is 1. The number of rotatable bonds is 2. The molecule has 0 radical (unpaired) electrons. The maximum Gasteiger partial charge on any atom is 0.310 e. The van der Waals surface area contributed by atoms with Crippen molar-refractivity contribution in [2.75, 3.05) is 25.1 Å². The zero-order chi connectivity index (χ0) is 12.4. The van der Waals surface area contributed by atoms with Gasteiger partial charge in [0.25, 0.3) is 0 Å². The van der Waals surface area contributed by atoms with Crippen molar-refractivity contribution in [2.24, 2.45) is 5.92 Å². The Morgan fingerprint density at radius 3 is 2.94 bits per heavy atom. The Bertz CT molecular complexity index is 433. The number of aryl methyl sites for hydroxylation is 1. The summed E-state index contributed by atoms with van der Waals surface area (Å²) < 4.78 is 5.89. The second-order valence-corrected chi connectivity index (χ2v) is 5.24. The number of benzene rings is 1. The van der Waals surface area contributed by atoms with Crippen LogP contribution in [0.4, 0.5) is 5.69 Å². The monoisotopic (exact) mass is 297 g/mol. The number of ether oxygens (including phenoxy) is 1. The van der Waals surface area contributed by atoms with Crippen LogP contribution >= 0.6 is 15.9 Å². The van der Waals surface area contributed by atoms with E-state index in [-0.39, 0.29) is 11.9 Å².